The summed E-state index contributed by atoms with van der Waals surface area (Å²) < 4.78 is 0. The summed E-state index contributed by atoms with van der Waals surface area (Å²) in [6, 6.07) is 5.15. The first-order valence-electron chi connectivity index (χ1n) is 4.62. The number of amides is 1. The Morgan fingerprint density at radius 2 is 2.27 bits per heavy atom. The summed E-state index contributed by atoms with van der Waals surface area (Å²) in [4.78, 5) is 10.5. The number of phenolic OH excluding ortho intramolecular Hbond substituents is 1. The summed E-state index contributed by atoms with van der Waals surface area (Å²) in [6.45, 7) is 3.61. The lowest BCUT2D eigenvalue weighted by Gasteiger charge is -1.97. The third-order valence-electron chi connectivity index (χ3n) is 1.86. The molecule has 0 aliphatic rings. The van der Waals surface area contributed by atoms with Gasteiger partial charge in [0, 0.05) is 12.5 Å². The highest BCUT2D eigenvalue weighted by molar-refractivity contribution is 5.73. The summed E-state index contributed by atoms with van der Waals surface area (Å²) >= 11 is 0. The van der Waals surface area contributed by atoms with Crippen LogP contribution in [0.3, 0.4) is 0 Å². The van der Waals surface area contributed by atoms with Crippen molar-refractivity contribution in [2.24, 2.45) is 0 Å². The van der Waals surface area contributed by atoms with E-state index in [0.717, 1.165) is 11.1 Å². The number of rotatable bonds is 1. The minimum Gasteiger partial charge on any atom is -0.508 e. The predicted octanol–water partition coefficient (Wildman–Crippen LogP) is 1.19. The molecular weight excluding hydrogens is 190 g/mol. The molecule has 1 rings (SSSR count). The summed E-state index contributed by atoms with van der Waals surface area (Å²) in [5, 5.41) is 11.9. The molecule has 0 heterocycles. The number of hydrogen-bond acceptors (Lipinski definition) is 2. The van der Waals surface area contributed by atoms with Crippen LogP contribution < -0.4 is 5.32 Å². The van der Waals surface area contributed by atoms with Crippen molar-refractivity contribution in [2.75, 3.05) is 6.54 Å². The van der Waals surface area contributed by atoms with E-state index in [1.54, 1.807) is 18.2 Å². The first-order valence-corrected chi connectivity index (χ1v) is 4.62. The third-order valence-corrected chi connectivity index (χ3v) is 1.86. The van der Waals surface area contributed by atoms with E-state index in [9.17, 15) is 9.90 Å². The van der Waals surface area contributed by atoms with Gasteiger partial charge in [0.05, 0.1) is 6.54 Å². The van der Waals surface area contributed by atoms with Gasteiger partial charge < -0.3 is 10.4 Å². The van der Waals surface area contributed by atoms with Gasteiger partial charge in [-0.2, -0.15) is 0 Å². The number of hydrogen-bond donors (Lipinski definition) is 2. The summed E-state index contributed by atoms with van der Waals surface area (Å²) in [6.07, 6.45) is 0. The fourth-order valence-electron chi connectivity index (χ4n) is 1.05. The van der Waals surface area contributed by atoms with Gasteiger partial charge in [-0.15, -0.1) is 0 Å². The average Bonchev–Trinajstić information content (AvgIpc) is 2.18. The molecule has 2 N–H and O–H groups in total. The highest BCUT2D eigenvalue weighted by atomic mass is 16.3. The second-order valence-electron chi connectivity index (χ2n) is 3.21. The maximum Gasteiger partial charge on any atom is 0.217 e. The highest BCUT2D eigenvalue weighted by Gasteiger charge is 1.94. The van der Waals surface area contributed by atoms with Crippen LogP contribution in [0.25, 0.3) is 0 Å². The highest BCUT2D eigenvalue weighted by Crippen LogP contribution is 2.15. The first-order chi connectivity index (χ1) is 7.09. The van der Waals surface area contributed by atoms with E-state index in [4.69, 9.17) is 0 Å². The smallest absolute Gasteiger partial charge is 0.217 e. The minimum atomic E-state index is -0.0915. The molecule has 3 heteroatoms. The van der Waals surface area contributed by atoms with E-state index < -0.39 is 0 Å². The molecule has 0 aromatic heterocycles. The molecule has 0 fully saturated rings. The number of nitrogens with one attached hydrogen (secondary N) is 1. The molecule has 0 bridgehead atoms. The summed E-state index contributed by atoms with van der Waals surface area (Å²) in [5.41, 5.74) is 1.62. The Labute approximate surface area is 89.1 Å². The van der Waals surface area contributed by atoms with Crippen LogP contribution in [-0.2, 0) is 4.79 Å². The molecule has 1 amide bonds. The Morgan fingerprint density at radius 1 is 1.53 bits per heavy atom. The molecule has 0 aliphatic heterocycles. The van der Waals surface area contributed by atoms with E-state index >= 15 is 0 Å². The minimum absolute atomic E-state index is 0.0915. The summed E-state index contributed by atoms with van der Waals surface area (Å²) in [5.74, 6) is 5.88. The lowest BCUT2D eigenvalue weighted by Crippen LogP contribution is -2.19. The van der Waals surface area contributed by atoms with Crippen LogP contribution in [0.2, 0.25) is 0 Å². The Kier molecular flexibility index (Phi) is 3.75. The number of phenols is 1. The molecular formula is C12H13NO2. The van der Waals surface area contributed by atoms with Crippen molar-refractivity contribution in [3.05, 3.63) is 29.3 Å². The Hall–Kier alpha value is -1.95. The average molecular weight is 203 g/mol. The van der Waals surface area contributed by atoms with Gasteiger partial charge >= 0.3 is 0 Å². The molecule has 0 spiro atoms. The fourth-order valence-corrected chi connectivity index (χ4v) is 1.05. The van der Waals surface area contributed by atoms with Crippen molar-refractivity contribution in [3.8, 4) is 17.6 Å². The largest absolute Gasteiger partial charge is 0.508 e. The zero-order valence-electron chi connectivity index (χ0n) is 8.79. The van der Waals surface area contributed by atoms with Gasteiger partial charge in [-0.1, -0.05) is 11.8 Å². The van der Waals surface area contributed by atoms with Gasteiger partial charge in [-0.05, 0) is 30.7 Å². The molecule has 3 nitrogen and oxygen atoms in total. The number of benzene rings is 1. The quantitative estimate of drug-likeness (QED) is 0.673. The van der Waals surface area contributed by atoms with E-state index in [1.165, 1.54) is 6.92 Å². The lowest BCUT2D eigenvalue weighted by molar-refractivity contribution is -0.118. The van der Waals surface area contributed by atoms with Crippen LogP contribution >= 0.6 is 0 Å². The van der Waals surface area contributed by atoms with Crippen LogP contribution in [-0.4, -0.2) is 17.6 Å². The normalized spacial score (nSPS) is 8.93. The predicted molar refractivity (Wildman–Crippen MR) is 58.4 cm³/mol. The molecule has 0 aliphatic carbocycles. The zero-order chi connectivity index (χ0) is 11.3. The van der Waals surface area contributed by atoms with Crippen LogP contribution in [0.15, 0.2) is 18.2 Å². The van der Waals surface area contributed by atoms with Gasteiger partial charge in [0.2, 0.25) is 5.91 Å². The van der Waals surface area contributed by atoms with Crippen molar-refractivity contribution in [2.45, 2.75) is 13.8 Å². The summed E-state index contributed by atoms with van der Waals surface area (Å²) in [7, 11) is 0. The number of carbonyl (C=O) groups excluding carboxylic acids is 1. The number of aryl methyl sites for hydroxylation is 1. The molecule has 0 saturated carbocycles. The second-order valence-corrected chi connectivity index (χ2v) is 3.21. The topological polar surface area (TPSA) is 49.3 Å². The van der Waals surface area contributed by atoms with Crippen molar-refractivity contribution in [3.63, 3.8) is 0 Å². The molecule has 0 unspecified atom stereocenters. The van der Waals surface area contributed by atoms with Gasteiger partial charge in [0.1, 0.15) is 5.75 Å². The van der Waals surface area contributed by atoms with E-state index in [2.05, 4.69) is 17.2 Å². The zero-order valence-corrected chi connectivity index (χ0v) is 8.79. The van der Waals surface area contributed by atoms with Gasteiger partial charge in [-0.25, -0.2) is 0 Å². The van der Waals surface area contributed by atoms with Crippen LogP contribution in [0.4, 0.5) is 0 Å². The molecule has 1 aromatic rings. The van der Waals surface area contributed by atoms with Crippen LogP contribution in [0, 0.1) is 18.8 Å². The standard InChI is InChI=1S/C12H13NO2/c1-9-8-11(5-6-12(9)15)4-3-7-13-10(2)14/h5-6,8,15H,7H2,1-2H3,(H,13,14). The third kappa shape index (κ3) is 3.74. The Bertz CT molecular complexity index is 427. The van der Waals surface area contributed by atoms with Crippen molar-refractivity contribution >= 4 is 5.91 Å². The fraction of sp³-hybridized carbons (Fsp3) is 0.250. The van der Waals surface area contributed by atoms with Crippen molar-refractivity contribution in [1.29, 1.82) is 0 Å². The molecule has 15 heavy (non-hydrogen) atoms. The van der Waals surface area contributed by atoms with E-state index in [1.807, 2.05) is 6.92 Å². The Morgan fingerprint density at radius 3 is 2.87 bits per heavy atom. The van der Waals surface area contributed by atoms with E-state index in [-0.39, 0.29) is 11.7 Å². The molecule has 0 saturated heterocycles. The maximum absolute atomic E-state index is 10.5. The molecule has 1 aromatic carbocycles. The molecule has 0 atom stereocenters. The van der Waals surface area contributed by atoms with Crippen molar-refractivity contribution < 1.29 is 9.90 Å². The van der Waals surface area contributed by atoms with Crippen LogP contribution in [0.5, 0.6) is 5.75 Å². The number of carbonyl (C=O) groups is 1. The van der Waals surface area contributed by atoms with Gasteiger partial charge in [0.15, 0.2) is 0 Å². The van der Waals surface area contributed by atoms with Crippen molar-refractivity contribution in [1.82, 2.24) is 5.32 Å². The van der Waals surface area contributed by atoms with E-state index in [0.29, 0.717) is 6.54 Å². The number of aromatic hydroxyl groups is 1. The molecule has 0 radical (unpaired) electrons. The van der Waals surface area contributed by atoms with Gasteiger partial charge in [-0.3, -0.25) is 4.79 Å². The maximum atomic E-state index is 10.5. The SMILES string of the molecule is CC(=O)NCC#Cc1ccc(O)c(C)c1. The lowest BCUT2D eigenvalue weighted by atomic mass is 10.1. The first kappa shape index (κ1) is 11.1. The molecule has 78 valence electrons. The monoisotopic (exact) mass is 203 g/mol. The van der Waals surface area contributed by atoms with Gasteiger partial charge in [0.25, 0.3) is 0 Å². The second kappa shape index (κ2) is 5.06. The van der Waals surface area contributed by atoms with Crippen LogP contribution in [0.1, 0.15) is 18.1 Å². The Balaban J connectivity index is 2.64.